The number of amides is 1. The Kier molecular flexibility index (Phi) is 4.26. The monoisotopic (exact) mass is 279 g/mol. The van der Waals surface area contributed by atoms with Gasteiger partial charge in [-0.25, -0.2) is 0 Å². The van der Waals surface area contributed by atoms with Crippen LogP contribution < -0.4 is 16.4 Å². The molecular formula is C12H17N5OS. The quantitative estimate of drug-likeness (QED) is 0.764. The van der Waals surface area contributed by atoms with Crippen LogP contribution in [0.3, 0.4) is 0 Å². The van der Waals surface area contributed by atoms with Crippen LogP contribution in [-0.2, 0) is 4.79 Å². The summed E-state index contributed by atoms with van der Waals surface area (Å²) in [5.41, 5.74) is 11.7. The maximum absolute atomic E-state index is 10.9. The van der Waals surface area contributed by atoms with Crippen LogP contribution >= 0.6 is 12.2 Å². The highest BCUT2D eigenvalue weighted by Gasteiger charge is 2.23. The van der Waals surface area contributed by atoms with E-state index >= 15 is 0 Å². The molecule has 1 amide bonds. The SMILES string of the molecule is NC(=O)CC1CCN(c2nnccc2C(N)=S)CC1. The highest BCUT2D eigenvalue weighted by molar-refractivity contribution is 7.80. The number of piperidine rings is 1. The number of hydrogen-bond acceptors (Lipinski definition) is 5. The van der Waals surface area contributed by atoms with Gasteiger partial charge < -0.3 is 16.4 Å². The van der Waals surface area contributed by atoms with Crippen LogP contribution in [0.4, 0.5) is 5.82 Å². The highest BCUT2D eigenvalue weighted by atomic mass is 32.1. The number of nitrogens with zero attached hydrogens (tertiary/aromatic N) is 3. The molecule has 1 aromatic heterocycles. The summed E-state index contributed by atoms with van der Waals surface area (Å²) >= 11 is 5.02. The summed E-state index contributed by atoms with van der Waals surface area (Å²) in [6.07, 6.45) is 3.86. The second-order valence-electron chi connectivity index (χ2n) is 4.73. The van der Waals surface area contributed by atoms with E-state index < -0.39 is 0 Å². The molecule has 7 heteroatoms. The number of carbonyl (C=O) groups is 1. The van der Waals surface area contributed by atoms with Crippen molar-refractivity contribution in [3.63, 3.8) is 0 Å². The smallest absolute Gasteiger partial charge is 0.217 e. The summed E-state index contributed by atoms with van der Waals surface area (Å²) in [7, 11) is 0. The van der Waals surface area contributed by atoms with Gasteiger partial charge in [-0.2, -0.15) is 5.10 Å². The van der Waals surface area contributed by atoms with E-state index in [9.17, 15) is 4.79 Å². The lowest BCUT2D eigenvalue weighted by molar-refractivity contribution is -0.119. The van der Waals surface area contributed by atoms with Crippen molar-refractivity contribution in [2.45, 2.75) is 19.3 Å². The first-order valence-corrected chi connectivity index (χ1v) is 6.63. The molecule has 0 bridgehead atoms. The largest absolute Gasteiger partial charge is 0.389 e. The molecule has 1 aliphatic heterocycles. The van der Waals surface area contributed by atoms with Crippen LogP contribution in [0.5, 0.6) is 0 Å². The van der Waals surface area contributed by atoms with Crippen molar-refractivity contribution in [1.82, 2.24) is 10.2 Å². The first-order chi connectivity index (χ1) is 9.08. The maximum atomic E-state index is 10.9. The van der Waals surface area contributed by atoms with Gasteiger partial charge in [0.05, 0.1) is 11.8 Å². The molecular weight excluding hydrogens is 262 g/mol. The number of hydrogen-bond donors (Lipinski definition) is 2. The molecule has 1 aliphatic rings. The number of thiocarbonyl (C=S) groups is 1. The molecule has 1 saturated heterocycles. The minimum absolute atomic E-state index is 0.234. The molecule has 2 rings (SSSR count). The van der Waals surface area contributed by atoms with Crippen LogP contribution in [0.2, 0.25) is 0 Å². The van der Waals surface area contributed by atoms with Crippen LogP contribution in [0.15, 0.2) is 12.3 Å². The van der Waals surface area contributed by atoms with Gasteiger partial charge in [0, 0.05) is 19.5 Å². The van der Waals surface area contributed by atoms with Gasteiger partial charge in [0.2, 0.25) is 5.91 Å². The third-order valence-electron chi connectivity index (χ3n) is 3.37. The van der Waals surface area contributed by atoms with Crippen molar-refractivity contribution >= 4 is 28.9 Å². The normalized spacial score (nSPS) is 16.3. The fourth-order valence-corrected chi connectivity index (χ4v) is 2.54. The van der Waals surface area contributed by atoms with Crippen LogP contribution in [0.25, 0.3) is 0 Å². The molecule has 0 saturated carbocycles. The summed E-state index contributed by atoms with van der Waals surface area (Å²) in [4.78, 5) is 13.3. The first-order valence-electron chi connectivity index (χ1n) is 6.22. The molecule has 1 fully saturated rings. The maximum Gasteiger partial charge on any atom is 0.217 e. The Bertz CT molecular complexity index is 485. The van der Waals surface area contributed by atoms with Crippen molar-refractivity contribution in [2.24, 2.45) is 17.4 Å². The Morgan fingerprint density at radius 1 is 1.42 bits per heavy atom. The van der Waals surface area contributed by atoms with Crippen LogP contribution in [0, 0.1) is 5.92 Å². The average molecular weight is 279 g/mol. The summed E-state index contributed by atoms with van der Waals surface area (Å²) in [5.74, 6) is 0.855. The fourth-order valence-electron chi connectivity index (χ4n) is 2.38. The zero-order chi connectivity index (χ0) is 13.8. The zero-order valence-electron chi connectivity index (χ0n) is 10.6. The average Bonchev–Trinajstić information content (AvgIpc) is 2.39. The van der Waals surface area contributed by atoms with Crippen molar-refractivity contribution in [3.05, 3.63) is 17.8 Å². The Morgan fingerprint density at radius 2 is 2.11 bits per heavy atom. The van der Waals surface area contributed by atoms with Crippen LogP contribution in [-0.4, -0.2) is 34.2 Å². The van der Waals surface area contributed by atoms with Gasteiger partial charge in [0.15, 0.2) is 5.82 Å². The second-order valence-corrected chi connectivity index (χ2v) is 5.17. The summed E-state index contributed by atoms with van der Waals surface area (Å²) < 4.78 is 0. The molecule has 1 aromatic rings. The third kappa shape index (κ3) is 3.37. The zero-order valence-corrected chi connectivity index (χ0v) is 11.4. The molecule has 0 aromatic carbocycles. The second kappa shape index (κ2) is 5.92. The minimum Gasteiger partial charge on any atom is -0.389 e. The molecule has 2 heterocycles. The molecule has 0 unspecified atom stereocenters. The number of aromatic nitrogens is 2. The summed E-state index contributed by atoms with van der Waals surface area (Å²) in [6.45, 7) is 1.62. The van der Waals surface area contributed by atoms with E-state index in [1.165, 1.54) is 0 Å². The van der Waals surface area contributed by atoms with Crippen molar-refractivity contribution < 1.29 is 4.79 Å². The summed E-state index contributed by atoms with van der Waals surface area (Å²) in [6, 6.07) is 1.78. The number of carbonyl (C=O) groups excluding carboxylic acids is 1. The highest BCUT2D eigenvalue weighted by Crippen LogP contribution is 2.25. The van der Waals surface area contributed by atoms with Crippen LogP contribution in [0.1, 0.15) is 24.8 Å². The molecule has 4 N–H and O–H groups in total. The van der Waals surface area contributed by atoms with E-state index in [0.717, 1.165) is 37.3 Å². The van der Waals surface area contributed by atoms with Gasteiger partial charge in [-0.05, 0) is 24.8 Å². The lowest BCUT2D eigenvalue weighted by Crippen LogP contribution is -2.37. The lowest BCUT2D eigenvalue weighted by atomic mass is 9.93. The van der Waals surface area contributed by atoms with Gasteiger partial charge >= 0.3 is 0 Å². The first kappa shape index (κ1) is 13.7. The molecule has 102 valence electrons. The Balaban J connectivity index is 2.05. The van der Waals surface area contributed by atoms with Gasteiger partial charge in [-0.3, -0.25) is 4.79 Å². The lowest BCUT2D eigenvalue weighted by Gasteiger charge is -2.32. The van der Waals surface area contributed by atoms with Gasteiger partial charge in [-0.15, -0.1) is 5.10 Å². The van der Waals surface area contributed by atoms with Gasteiger partial charge in [-0.1, -0.05) is 12.2 Å². The Labute approximate surface area is 117 Å². The van der Waals surface area contributed by atoms with Crippen molar-refractivity contribution in [2.75, 3.05) is 18.0 Å². The van der Waals surface area contributed by atoms with E-state index in [1.807, 2.05) is 0 Å². The Hall–Kier alpha value is -1.76. The molecule has 6 nitrogen and oxygen atoms in total. The number of rotatable bonds is 4. The molecule has 0 atom stereocenters. The predicted octanol–water partition coefficient (Wildman–Crippen LogP) is 0.203. The number of anilines is 1. The third-order valence-corrected chi connectivity index (χ3v) is 3.59. The minimum atomic E-state index is -0.234. The predicted molar refractivity (Wildman–Crippen MR) is 76.7 cm³/mol. The van der Waals surface area contributed by atoms with E-state index in [4.69, 9.17) is 23.7 Å². The van der Waals surface area contributed by atoms with Gasteiger partial charge in [0.1, 0.15) is 4.99 Å². The van der Waals surface area contributed by atoms with E-state index in [-0.39, 0.29) is 5.91 Å². The molecule has 0 aliphatic carbocycles. The summed E-state index contributed by atoms with van der Waals surface area (Å²) in [5, 5.41) is 8.02. The molecule has 0 spiro atoms. The standard InChI is InChI=1S/C12H17N5OS/c13-10(18)7-8-2-5-17(6-3-8)12-9(11(14)19)1-4-15-16-12/h1,4,8H,2-3,5-7H2,(H2,13,18)(H2,14,19). The van der Waals surface area contributed by atoms with Crippen molar-refractivity contribution in [1.29, 1.82) is 0 Å². The molecule has 0 radical (unpaired) electrons. The van der Waals surface area contributed by atoms with Crippen molar-refractivity contribution in [3.8, 4) is 0 Å². The molecule has 19 heavy (non-hydrogen) atoms. The number of nitrogens with two attached hydrogens (primary N) is 2. The van der Waals surface area contributed by atoms with E-state index in [2.05, 4.69) is 15.1 Å². The Morgan fingerprint density at radius 3 is 2.68 bits per heavy atom. The number of primary amides is 1. The van der Waals surface area contributed by atoms with Gasteiger partial charge in [0.25, 0.3) is 0 Å². The topological polar surface area (TPSA) is 98.1 Å². The van der Waals surface area contributed by atoms with E-state index in [0.29, 0.717) is 17.3 Å². The fraction of sp³-hybridized carbons (Fsp3) is 0.500. The van der Waals surface area contributed by atoms with E-state index in [1.54, 1.807) is 12.3 Å².